The van der Waals surface area contributed by atoms with Crippen molar-refractivity contribution in [1.29, 1.82) is 0 Å². The van der Waals surface area contributed by atoms with Crippen LogP contribution in [0.3, 0.4) is 0 Å². The van der Waals surface area contributed by atoms with Crippen molar-refractivity contribution in [3.05, 3.63) is 12.7 Å². The molecule has 0 heterocycles. The molecule has 0 fully saturated rings. The fourth-order valence-corrected chi connectivity index (χ4v) is 2.88. The third kappa shape index (κ3) is 28.7. The standard InChI is InChI=1S/C21H40O2.Mg.2H2O/c1-3-5-6-7-8-9-10-11-12-13-14-15-16-17-18-19-20-23-21(22)4-2;;;/h4H,2-3,5-20H2,1H3;;2*1H2/q;+2;;/p-2. The number of esters is 1. The van der Waals surface area contributed by atoms with Crippen LogP contribution in [0.15, 0.2) is 12.7 Å². The Bertz CT molecular complexity index is 273. The van der Waals surface area contributed by atoms with Crippen LogP contribution in [0.1, 0.15) is 110 Å². The molecule has 0 aliphatic heterocycles. The minimum Gasteiger partial charge on any atom is -0.870 e. The van der Waals surface area contributed by atoms with Gasteiger partial charge in [0.15, 0.2) is 0 Å². The molecule has 0 aromatic rings. The predicted octanol–water partition coefficient (Wildman–Crippen LogP) is 6.24. The van der Waals surface area contributed by atoms with Crippen molar-refractivity contribution in [3.8, 4) is 0 Å². The SMILES string of the molecule is C=CC(=O)OCCCCCCCCCCCCCCCCCC.[Mg+2].[OH-].[OH-]. The maximum Gasteiger partial charge on any atom is 2.00 e. The van der Waals surface area contributed by atoms with Crippen LogP contribution in [0, 0.1) is 0 Å². The molecular formula is C21H42MgO4. The average molecular weight is 383 g/mol. The van der Waals surface area contributed by atoms with Gasteiger partial charge in [0, 0.05) is 6.08 Å². The zero-order valence-corrected chi connectivity index (χ0v) is 18.6. The maximum atomic E-state index is 10.8. The Morgan fingerprint density at radius 1 is 0.692 bits per heavy atom. The Morgan fingerprint density at radius 2 is 1.00 bits per heavy atom. The minimum atomic E-state index is -0.300. The van der Waals surface area contributed by atoms with E-state index in [1.165, 1.54) is 102 Å². The second kappa shape index (κ2) is 29.7. The molecule has 0 saturated heterocycles. The number of rotatable bonds is 18. The van der Waals surface area contributed by atoms with Gasteiger partial charge < -0.3 is 15.7 Å². The molecule has 0 rings (SSSR count). The molecule has 0 aromatic carbocycles. The number of hydrogen-bond acceptors (Lipinski definition) is 4. The van der Waals surface area contributed by atoms with Crippen LogP contribution < -0.4 is 0 Å². The average Bonchev–Trinajstić information content (AvgIpc) is 2.57. The van der Waals surface area contributed by atoms with E-state index in [9.17, 15) is 4.79 Å². The monoisotopic (exact) mass is 382 g/mol. The summed E-state index contributed by atoms with van der Waals surface area (Å²) >= 11 is 0. The number of unbranched alkanes of at least 4 members (excludes halogenated alkanes) is 15. The molecule has 0 saturated carbocycles. The van der Waals surface area contributed by atoms with Crippen molar-refractivity contribution in [3.63, 3.8) is 0 Å². The van der Waals surface area contributed by atoms with E-state index < -0.39 is 0 Å². The molecule has 0 amide bonds. The molecule has 26 heavy (non-hydrogen) atoms. The summed E-state index contributed by atoms with van der Waals surface area (Å²) < 4.78 is 4.95. The van der Waals surface area contributed by atoms with Crippen LogP contribution in [0.2, 0.25) is 0 Å². The third-order valence-electron chi connectivity index (χ3n) is 4.41. The van der Waals surface area contributed by atoms with Crippen molar-refractivity contribution in [2.24, 2.45) is 0 Å². The molecule has 0 aliphatic rings. The van der Waals surface area contributed by atoms with Crippen LogP contribution in [0.5, 0.6) is 0 Å². The van der Waals surface area contributed by atoms with E-state index in [0.29, 0.717) is 6.61 Å². The van der Waals surface area contributed by atoms with Crippen LogP contribution in [-0.2, 0) is 9.53 Å². The third-order valence-corrected chi connectivity index (χ3v) is 4.41. The molecule has 0 aliphatic carbocycles. The second-order valence-electron chi connectivity index (χ2n) is 6.67. The van der Waals surface area contributed by atoms with Gasteiger partial charge in [-0.25, -0.2) is 4.79 Å². The summed E-state index contributed by atoms with van der Waals surface area (Å²) in [6, 6.07) is 0. The smallest absolute Gasteiger partial charge is 0.870 e. The normalized spacial score (nSPS) is 9.42. The van der Waals surface area contributed by atoms with Crippen molar-refractivity contribution in [2.45, 2.75) is 110 Å². The molecular weight excluding hydrogens is 341 g/mol. The molecule has 0 bridgehead atoms. The zero-order chi connectivity index (χ0) is 17.0. The Hall–Kier alpha value is -0.104. The van der Waals surface area contributed by atoms with E-state index in [1.54, 1.807) is 0 Å². The summed E-state index contributed by atoms with van der Waals surface area (Å²) in [5.74, 6) is -0.300. The summed E-state index contributed by atoms with van der Waals surface area (Å²) in [5.41, 5.74) is 0. The molecule has 0 aromatic heterocycles. The van der Waals surface area contributed by atoms with Crippen LogP contribution >= 0.6 is 0 Å². The molecule has 0 atom stereocenters. The Kier molecular flexibility index (Phi) is 38.2. The molecule has 152 valence electrons. The molecule has 0 unspecified atom stereocenters. The van der Waals surface area contributed by atoms with Gasteiger partial charge >= 0.3 is 29.0 Å². The number of carbonyl (C=O) groups excluding carboxylic acids is 1. The van der Waals surface area contributed by atoms with Crippen molar-refractivity contribution in [1.82, 2.24) is 0 Å². The van der Waals surface area contributed by atoms with E-state index in [2.05, 4.69) is 13.5 Å². The van der Waals surface area contributed by atoms with Gasteiger partial charge in [0.05, 0.1) is 6.61 Å². The molecule has 0 spiro atoms. The van der Waals surface area contributed by atoms with Gasteiger partial charge in [0.2, 0.25) is 0 Å². The summed E-state index contributed by atoms with van der Waals surface area (Å²) in [5, 5.41) is 0. The first-order valence-electron chi connectivity index (χ1n) is 10.1. The largest absolute Gasteiger partial charge is 2.00 e. The molecule has 2 N–H and O–H groups in total. The first-order valence-corrected chi connectivity index (χ1v) is 10.1. The summed E-state index contributed by atoms with van der Waals surface area (Å²) in [6.45, 7) is 6.20. The van der Waals surface area contributed by atoms with Crippen LogP contribution in [0.4, 0.5) is 0 Å². The molecule has 4 nitrogen and oxygen atoms in total. The second-order valence-corrected chi connectivity index (χ2v) is 6.67. The van der Waals surface area contributed by atoms with E-state index in [-0.39, 0.29) is 40.0 Å². The van der Waals surface area contributed by atoms with Gasteiger partial charge in [0.25, 0.3) is 0 Å². The van der Waals surface area contributed by atoms with Gasteiger partial charge in [-0.1, -0.05) is 110 Å². The van der Waals surface area contributed by atoms with E-state index in [0.717, 1.165) is 6.42 Å². The first-order chi connectivity index (χ1) is 11.3. The van der Waals surface area contributed by atoms with Crippen LogP contribution in [0.25, 0.3) is 0 Å². The molecule has 5 heteroatoms. The van der Waals surface area contributed by atoms with Gasteiger partial charge in [-0.15, -0.1) is 0 Å². The fourth-order valence-electron chi connectivity index (χ4n) is 2.88. The minimum absolute atomic E-state index is 0. The van der Waals surface area contributed by atoms with E-state index in [1.807, 2.05) is 0 Å². The number of carbonyl (C=O) groups is 1. The van der Waals surface area contributed by atoms with Crippen molar-refractivity contribution < 1.29 is 20.5 Å². The fraction of sp³-hybridized carbons (Fsp3) is 0.857. The summed E-state index contributed by atoms with van der Waals surface area (Å²) in [4.78, 5) is 10.8. The van der Waals surface area contributed by atoms with Crippen molar-refractivity contribution in [2.75, 3.05) is 6.61 Å². The van der Waals surface area contributed by atoms with Crippen molar-refractivity contribution >= 4 is 29.0 Å². The zero-order valence-electron chi connectivity index (χ0n) is 17.2. The first kappa shape index (κ1) is 33.5. The predicted molar refractivity (Wildman–Crippen MR) is 110 cm³/mol. The van der Waals surface area contributed by atoms with Gasteiger partial charge in [-0.3, -0.25) is 0 Å². The number of ether oxygens (including phenoxy) is 1. The Labute approximate surface area is 178 Å². The van der Waals surface area contributed by atoms with Gasteiger partial charge in [-0.2, -0.15) is 0 Å². The van der Waals surface area contributed by atoms with E-state index >= 15 is 0 Å². The van der Waals surface area contributed by atoms with E-state index in [4.69, 9.17) is 4.74 Å². The summed E-state index contributed by atoms with van der Waals surface area (Å²) in [6.07, 6.45) is 23.0. The number of hydrogen-bond donors (Lipinski definition) is 0. The summed E-state index contributed by atoms with van der Waals surface area (Å²) in [7, 11) is 0. The van der Waals surface area contributed by atoms with Gasteiger partial charge in [0.1, 0.15) is 0 Å². The van der Waals surface area contributed by atoms with Gasteiger partial charge in [-0.05, 0) is 6.42 Å². The maximum absolute atomic E-state index is 10.8. The van der Waals surface area contributed by atoms with Crippen LogP contribution in [-0.4, -0.2) is 46.6 Å². The Balaban J connectivity index is -0.000000807. The quantitative estimate of drug-likeness (QED) is 0.121. The Morgan fingerprint density at radius 3 is 1.31 bits per heavy atom. The topological polar surface area (TPSA) is 86.3 Å². The molecule has 0 radical (unpaired) electrons.